The van der Waals surface area contributed by atoms with Crippen LogP contribution in [0.5, 0.6) is 0 Å². The number of carbonyl (C=O) groups excluding carboxylic acids is 1. The Morgan fingerprint density at radius 1 is 1.14 bits per heavy atom. The van der Waals surface area contributed by atoms with Gasteiger partial charge in [0, 0.05) is 43.5 Å². The minimum atomic E-state index is -3.60. The quantitative estimate of drug-likeness (QED) is 0.753. The number of nitrogens with zero attached hydrogens (tertiary/aromatic N) is 2. The summed E-state index contributed by atoms with van der Waals surface area (Å²) in [5, 5.41) is 3.46. The molecule has 0 aliphatic carbocycles. The minimum absolute atomic E-state index is 0.114. The molecule has 0 radical (unpaired) electrons. The Labute approximate surface area is 173 Å². The topological polar surface area (TPSA) is 69.7 Å². The Balaban J connectivity index is 1.77. The second kappa shape index (κ2) is 8.97. The summed E-state index contributed by atoms with van der Waals surface area (Å²) in [6.07, 6.45) is 0.858. The number of para-hydroxylation sites is 1. The second-order valence-corrected chi connectivity index (χ2v) is 9.25. The highest BCUT2D eigenvalue weighted by Gasteiger charge is 2.29. The van der Waals surface area contributed by atoms with E-state index in [4.69, 9.17) is 0 Å². The van der Waals surface area contributed by atoms with Crippen LogP contribution in [0.4, 0.5) is 5.69 Å². The molecule has 3 rings (SSSR count). The maximum atomic E-state index is 13.1. The summed E-state index contributed by atoms with van der Waals surface area (Å²) in [5.41, 5.74) is 2.28. The van der Waals surface area contributed by atoms with Gasteiger partial charge in [-0.2, -0.15) is 4.31 Å². The summed E-state index contributed by atoms with van der Waals surface area (Å²) in [6.45, 7) is 7.51. The van der Waals surface area contributed by atoms with Crippen molar-refractivity contribution >= 4 is 21.6 Å². The van der Waals surface area contributed by atoms with E-state index in [-0.39, 0.29) is 16.8 Å². The molecule has 1 saturated heterocycles. The standard InChI is InChI=1S/C22H29N3O3S/c1-4-25(5-2)29(27,28)20-12-11-17(3)21(15-20)22(26)24-14-13-19(16-24)23-18-9-7-6-8-10-18/h6-12,15,19,23H,4-5,13-14,16H2,1-3H3. The predicted octanol–water partition coefficient (Wildman–Crippen LogP) is 3.35. The van der Waals surface area contributed by atoms with Gasteiger partial charge in [-0.25, -0.2) is 8.42 Å². The molecule has 0 spiro atoms. The van der Waals surface area contributed by atoms with Gasteiger partial charge in [0.15, 0.2) is 0 Å². The monoisotopic (exact) mass is 415 g/mol. The molecule has 1 amide bonds. The molecule has 0 aromatic heterocycles. The van der Waals surface area contributed by atoms with Crippen LogP contribution < -0.4 is 5.32 Å². The molecule has 1 N–H and O–H groups in total. The van der Waals surface area contributed by atoms with Gasteiger partial charge >= 0.3 is 0 Å². The molecule has 1 fully saturated rings. The van der Waals surface area contributed by atoms with Crippen LogP contribution in [0.2, 0.25) is 0 Å². The largest absolute Gasteiger partial charge is 0.380 e. The molecule has 0 saturated carbocycles. The lowest BCUT2D eigenvalue weighted by atomic mass is 10.1. The first-order valence-corrected chi connectivity index (χ1v) is 11.5. The van der Waals surface area contributed by atoms with Gasteiger partial charge in [0.2, 0.25) is 10.0 Å². The van der Waals surface area contributed by atoms with Gasteiger partial charge in [-0.15, -0.1) is 0 Å². The molecule has 0 bridgehead atoms. The van der Waals surface area contributed by atoms with Crippen LogP contribution in [0.15, 0.2) is 53.4 Å². The Kier molecular flexibility index (Phi) is 6.59. The normalized spacial score (nSPS) is 17.0. The van der Waals surface area contributed by atoms with Crippen LogP contribution >= 0.6 is 0 Å². The lowest BCUT2D eigenvalue weighted by Gasteiger charge is -2.21. The van der Waals surface area contributed by atoms with E-state index in [1.165, 1.54) is 10.4 Å². The Morgan fingerprint density at radius 3 is 2.48 bits per heavy atom. The molecule has 1 aliphatic rings. The van der Waals surface area contributed by atoms with Gasteiger partial charge in [0.05, 0.1) is 4.90 Å². The molecule has 1 aliphatic heterocycles. The van der Waals surface area contributed by atoms with Crippen LogP contribution in [0, 0.1) is 6.92 Å². The van der Waals surface area contributed by atoms with E-state index in [1.54, 1.807) is 17.0 Å². The Bertz CT molecular complexity index is 957. The first-order chi connectivity index (χ1) is 13.9. The SMILES string of the molecule is CCN(CC)S(=O)(=O)c1ccc(C)c(C(=O)N2CCC(Nc3ccccc3)C2)c1. The van der Waals surface area contributed by atoms with Gasteiger partial charge in [-0.1, -0.05) is 38.1 Å². The third-order valence-electron chi connectivity index (χ3n) is 5.40. The lowest BCUT2D eigenvalue weighted by Crippen LogP contribution is -2.33. The number of hydrogen-bond acceptors (Lipinski definition) is 4. The van der Waals surface area contributed by atoms with Crippen LogP contribution in [-0.4, -0.2) is 55.8 Å². The average Bonchev–Trinajstić information content (AvgIpc) is 3.17. The van der Waals surface area contributed by atoms with Crippen molar-refractivity contribution in [1.82, 2.24) is 9.21 Å². The minimum Gasteiger partial charge on any atom is -0.380 e. The van der Waals surface area contributed by atoms with E-state index in [1.807, 2.05) is 51.1 Å². The van der Waals surface area contributed by atoms with Gasteiger partial charge in [-0.05, 0) is 43.2 Å². The van der Waals surface area contributed by atoms with Gasteiger partial charge in [0.1, 0.15) is 0 Å². The highest BCUT2D eigenvalue weighted by Crippen LogP contribution is 2.23. The summed E-state index contributed by atoms with van der Waals surface area (Å²) in [4.78, 5) is 15.1. The Morgan fingerprint density at radius 2 is 1.83 bits per heavy atom. The molecule has 1 unspecified atom stereocenters. The van der Waals surface area contributed by atoms with Crippen molar-refractivity contribution in [3.8, 4) is 0 Å². The molecule has 2 aromatic carbocycles. The van der Waals surface area contributed by atoms with E-state index in [0.29, 0.717) is 31.7 Å². The number of anilines is 1. The number of amides is 1. The van der Waals surface area contributed by atoms with Crippen LogP contribution in [0.25, 0.3) is 0 Å². The zero-order valence-corrected chi connectivity index (χ0v) is 18.1. The van der Waals surface area contributed by atoms with E-state index in [0.717, 1.165) is 17.7 Å². The average molecular weight is 416 g/mol. The van der Waals surface area contributed by atoms with E-state index in [9.17, 15) is 13.2 Å². The van der Waals surface area contributed by atoms with Gasteiger partial charge in [0.25, 0.3) is 5.91 Å². The Hall–Kier alpha value is -2.38. The van der Waals surface area contributed by atoms with Crippen molar-refractivity contribution < 1.29 is 13.2 Å². The second-order valence-electron chi connectivity index (χ2n) is 7.31. The fraction of sp³-hybridized carbons (Fsp3) is 0.409. The van der Waals surface area contributed by atoms with E-state index >= 15 is 0 Å². The highest BCUT2D eigenvalue weighted by molar-refractivity contribution is 7.89. The number of carbonyl (C=O) groups is 1. The maximum Gasteiger partial charge on any atom is 0.254 e. The molecule has 6 nitrogen and oxygen atoms in total. The lowest BCUT2D eigenvalue weighted by molar-refractivity contribution is 0.0790. The predicted molar refractivity (Wildman–Crippen MR) is 116 cm³/mol. The molecule has 29 heavy (non-hydrogen) atoms. The summed E-state index contributed by atoms with van der Waals surface area (Å²) in [7, 11) is -3.60. The van der Waals surface area contributed by atoms with Gasteiger partial charge < -0.3 is 10.2 Å². The van der Waals surface area contributed by atoms with Crippen LogP contribution in [0.3, 0.4) is 0 Å². The third-order valence-corrected chi connectivity index (χ3v) is 7.45. The molecule has 2 aromatic rings. The molecular weight excluding hydrogens is 386 g/mol. The van der Waals surface area contributed by atoms with Crippen molar-refractivity contribution in [2.24, 2.45) is 0 Å². The number of likely N-dealkylation sites (tertiary alicyclic amines) is 1. The van der Waals surface area contributed by atoms with E-state index in [2.05, 4.69) is 5.32 Å². The van der Waals surface area contributed by atoms with Crippen molar-refractivity contribution in [3.05, 3.63) is 59.7 Å². The van der Waals surface area contributed by atoms with Crippen LogP contribution in [-0.2, 0) is 10.0 Å². The zero-order valence-electron chi connectivity index (χ0n) is 17.3. The third kappa shape index (κ3) is 4.62. The molecular formula is C22H29N3O3S. The number of hydrogen-bond donors (Lipinski definition) is 1. The van der Waals surface area contributed by atoms with E-state index < -0.39 is 10.0 Å². The molecule has 7 heteroatoms. The summed E-state index contributed by atoms with van der Waals surface area (Å²) in [5.74, 6) is -0.114. The number of benzene rings is 2. The fourth-order valence-electron chi connectivity index (χ4n) is 3.71. The number of nitrogens with one attached hydrogen (secondary N) is 1. The highest BCUT2D eigenvalue weighted by atomic mass is 32.2. The van der Waals surface area contributed by atoms with Crippen molar-refractivity contribution in [3.63, 3.8) is 0 Å². The van der Waals surface area contributed by atoms with Crippen molar-refractivity contribution in [1.29, 1.82) is 0 Å². The molecule has 1 atom stereocenters. The van der Waals surface area contributed by atoms with Crippen LogP contribution in [0.1, 0.15) is 36.2 Å². The summed E-state index contributed by atoms with van der Waals surface area (Å²) < 4.78 is 27.1. The van der Waals surface area contributed by atoms with Crippen molar-refractivity contribution in [2.75, 3.05) is 31.5 Å². The molecule has 156 valence electrons. The smallest absolute Gasteiger partial charge is 0.254 e. The summed E-state index contributed by atoms with van der Waals surface area (Å²) >= 11 is 0. The first kappa shape index (κ1) is 21.3. The fourth-order valence-corrected chi connectivity index (χ4v) is 5.19. The molecule has 1 heterocycles. The maximum absolute atomic E-state index is 13.1. The number of aryl methyl sites for hydroxylation is 1. The summed E-state index contributed by atoms with van der Waals surface area (Å²) in [6, 6.07) is 15.0. The number of rotatable bonds is 7. The first-order valence-electron chi connectivity index (χ1n) is 10.1. The zero-order chi connectivity index (χ0) is 21.0. The number of sulfonamides is 1. The van der Waals surface area contributed by atoms with Gasteiger partial charge in [-0.3, -0.25) is 4.79 Å². The van der Waals surface area contributed by atoms with Crippen molar-refractivity contribution in [2.45, 2.75) is 38.1 Å².